The molecule has 0 aliphatic heterocycles. The second-order valence-electron chi connectivity index (χ2n) is 8.70. The van der Waals surface area contributed by atoms with Crippen LogP contribution >= 0.6 is 11.6 Å². The molecule has 0 saturated heterocycles. The fourth-order valence-electron chi connectivity index (χ4n) is 3.68. The van der Waals surface area contributed by atoms with E-state index in [1.807, 2.05) is 19.0 Å². The van der Waals surface area contributed by atoms with Crippen LogP contribution in [0.3, 0.4) is 0 Å². The number of ether oxygens (including phenoxy) is 1. The summed E-state index contributed by atoms with van der Waals surface area (Å²) >= 11 is 6.42. The minimum atomic E-state index is -0.663. The highest BCUT2D eigenvalue weighted by Gasteiger charge is 2.20. The lowest BCUT2D eigenvalue weighted by Crippen LogP contribution is -2.36. The Kier molecular flexibility index (Phi) is 10.1. The average Bonchev–Trinajstić information content (AvgIpc) is 2.90. The summed E-state index contributed by atoms with van der Waals surface area (Å²) in [6.07, 6.45) is 3.23. The number of carbonyl (C=O) groups excluding carboxylic acids is 3. The third-order valence-corrected chi connectivity index (χ3v) is 5.93. The lowest BCUT2D eigenvalue weighted by atomic mass is 9.99. The first kappa shape index (κ1) is 28.5. The third-order valence-electron chi connectivity index (χ3n) is 5.62. The average molecular weight is 536 g/mol. The molecule has 0 spiro atoms. The van der Waals surface area contributed by atoms with Gasteiger partial charge in [0, 0.05) is 48.9 Å². The fraction of sp³-hybridized carbons (Fsp3) is 0.250. The number of methoxy groups -OCH3 is 1. The van der Waals surface area contributed by atoms with Crippen molar-refractivity contribution in [3.8, 4) is 5.75 Å². The number of nitrogens with one attached hydrogen (secondary N) is 2. The molecule has 0 aliphatic carbocycles. The molecule has 10 heteroatoms. The van der Waals surface area contributed by atoms with E-state index < -0.39 is 11.7 Å². The number of ketones is 1. The van der Waals surface area contributed by atoms with Crippen LogP contribution in [-0.2, 0) is 22.4 Å². The van der Waals surface area contributed by atoms with Crippen LogP contribution in [0.5, 0.6) is 5.75 Å². The number of benzene rings is 2. The van der Waals surface area contributed by atoms with Crippen LogP contribution < -0.4 is 15.4 Å². The van der Waals surface area contributed by atoms with Gasteiger partial charge in [-0.25, -0.2) is 9.97 Å². The first-order chi connectivity index (χ1) is 18.2. The van der Waals surface area contributed by atoms with E-state index in [0.717, 1.165) is 5.56 Å². The van der Waals surface area contributed by atoms with Crippen molar-refractivity contribution in [1.29, 1.82) is 0 Å². The summed E-state index contributed by atoms with van der Waals surface area (Å²) in [4.78, 5) is 48.0. The van der Waals surface area contributed by atoms with Gasteiger partial charge in [0.15, 0.2) is 0 Å². The predicted molar refractivity (Wildman–Crippen MR) is 147 cm³/mol. The van der Waals surface area contributed by atoms with Crippen LogP contribution in [0, 0.1) is 0 Å². The predicted octanol–water partition coefficient (Wildman–Crippen LogP) is 3.31. The molecule has 0 bridgehead atoms. The van der Waals surface area contributed by atoms with Gasteiger partial charge in [-0.15, -0.1) is 0 Å². The highest BCUT2D eigenvalue weighted by molar-refractivity contribution is 6.43. The molecule has 0 saturated carbocycles. The molecule has 0 fully saturated rings. The van der Waals surface area contributed by atoms with Gasteiger partial charge >= 0.3 is 0 Å². The van der Waals surface area contributed by atoms with Crippen LogP contribution in [0.15, 0.2) is 61.3 Å². The molecule has 3 aromatic rings. The van der Waals surface area contributed by atoms with Gasteiger partial charge in [-0.05, 0) is 43.9 Å². The molecular weight excluding hydrogens is 506 g/mol. The normalized spacial score (nSPS) is 10.7. The first-order valence-electron chi connectivity index (χ1n) is 11.9. The molecule has 38 heavy (non-hydrogen) atoms. The van der Waals surface area contributed by atoms with Gasteiger partial charge in [0.1, 0.15) is 11.6 Å². The third kappa shape index (κ3) is 7.71. The van der Waals surface area contributed by atoms with Gasteiger partial charge < -0.3 is 20.3 Å². The largest absolute Gasteiger partial charge is 0.496 e. The van der Waals surface area contributed by atoms with Crippen LogP contribution in [0.1, 0.15) is 33.0 Å². The second kappa shape index (κ2) is 13.5. The van der Waals surface area contributed by atoms with Gasteiger partial charge in [-0.2, -0.15) is 0 Å². The minimum Gasteiger partial charge on any atom is -0.496 e. The monoisotopic (exact) mass is 535 g/mol. The lowest BCUT2D eigenvalue weighted by molar-refractivity contribution is -0.117. The summed E-state index contributed by atoms with van der Waals surface area (Å²) in [6.45, 7) is 4.45. The van der Waals surface area contributed by atoms with Crippen molar-refractivity contribution >= 4 is 34.9 Å². The van der Waals surface area contributed by atoms with E-state index in [9.17, 15) is 14.4 Å². The molecule has 0 aliphatic rings. The first-order valence-corrected chi connectivity index (χ1v) is 12.3. The number of hydrogen-bond acceptors (Lipinski definition) is 7. The Hall–Kier alpha value is -4.08. The number of carbonyl (C=O) groups is 3. The van der Waals surface area contributed by atoms with E-state index in [-0.39, 0.29) is 12.3 Å². The van der Waals surface area contributed by atoms with E-state index in [1.54, 1.807) is 49.6 Å². The minimum absolute atomic E-state index is 0.230. The zero-order valence-electron chi connectivity index (χ0n) is 21.6. The maximum absolute atomic E-state index is 12.9. The highest BCUT2D eigenvalue weighted by Crippen LogP contribution is 2.26. The number of aromatic nitrogens is 2. The Bertz CT molecular complexity index is 1340. The fourth-order valence-corrected chi connectivity index (χ4v) is 3.84. The van der Waals surface area contributed by atoms with Crippen molar-refractivity contribution in [2.24, 2.45) is 0 Å². The van der Waals surface area contributed by atoms with Gasteiger partial charge in [0.05, 0.1) is 17.8 Å². The number of halogens is 1. The van der Waals surface area contributed by atoms with Crippen molar-refractivity contribution in [3.63, 3.8) is 0 Å². The van der Waals surface area contributed by atoms with Crippen LogP contribution in [0.25, 0.3) is 0 Å². The molecule has 1 heterocycles. The van der Waals surface area contributed by atoms with E-state index in [2.05, 4.69) is 27.2 Å². The van der Waals surface area contributed by atoms with Crippen molar-refractivity contribution in [2.75, 3.05) is 39.6 Å². The topological polar surface area (TPSA) is 114 Å². The lowest BCUT2D eigenvalue weighted by Gasteiger charge is -2.13. The Morgan fingerprint density at radius 3 is 2.58 bits per heavy atom. The number of rotatable bonds is 12. The van der Waals surface area contributed by atoms with Crippen LogP contribution in [0.2, 0.25) is 5.02 Å². The molecule has 198 valence electrons. The van der Waals surface area contributed by atoms with Crippen LogP contribution in [0.4, 0.5) is 5.69 Å². The standard InChI is InChI=1S/C28H30ClN5O4/c1-5-26(35)32-20-10-11-24(38-4)19(14-20)16-25-31-17-22(29)23(33-25)15-18-8-6-7-9-21(18)27(36)28(37)30-12-13-34(2)3/h5-11,14,17H,1,12-13,15-16H2,2-4H3,(H,30,37)(H,32,35). The summed E-state index contributed by atoms with van der Waals surface area (Å²) in [7, 11) is 5.33. The summed E-state index contributed by atoms with van der Waals surface area (Å²) in [5, 5.41) is 5.72. The van der Waals surface area contributed by atoms with Crippen LogP contribution in [-0.4, -0.2) is 66.8 Å². The Balaban J connectivity index is 1.83. The van der Waals surface area contributed by atoms with Crippen molar-refractivity contribution in [3.05, 3.63) is 94.5 Å². The van der Waals surface area contributed by atoms with Crippen molar-refractivity contribution in [2.45, 2.75) is 12.8 Å². The van der Waals surface area contributed by atoms with Gasteiger partial charge in [-0.3, -0.25) is 14.4 Å². The van der Waals surface area contributed by atoms with Crippen molar-refractivity contribution in [1.82, 2.24) is 20.2 Å². The quantitative estimate of drug-likeness (QED) is 0.208. The summed E-state index contributed by atoms with van der Waals surface area (Å²) in [5.74, 6) is -0.527. The number of hydrogen-bond donors (Lipinski definition) is 2. The molecule has 2 N–H and O–H groups in total. The van der Waals surface area contributed by atoms with E-state index in [0.29, 0.717) is 58.6 Å². The number of anilines is 1. The highest BCUT2D eigenvalue weighted by atomic mass is 35.5. The zero-order chi connectivity index (χ0) is 27.7. The van der Waals surface area contributed by atoms with Gasteiger partial charge in [0.2, 0.25) is 11.7 Å². The maximum atomic E-state index is 12.9. The maximum Gasteiger partial charge on any atom is 0.292 e. The summed E-state index contributed by atoms with van der Waals surface area (Å²) in [6, 6.07) is 12.1. The molecular formula is C28H30ClN5O4. The number of likely N-dealkylation sites (N-methyl/N-ethyl adjacent to an activating group) is 1. The van der Waals surface area contributed by atoms with Gasteiger partial charge in [-0.1, -0.05) is 42.4 Å². The molecule has 0 atom stereocenters. The molecule has 9 nitrogen and oxygen atoms in total. The Morgan fingerprint density at radius 1 is 1.11 bits per heavy atom. The molecule has 0 radical (unpaired) electrons. The van der Waals surface area contributed by atoms with Crippen molar-refractivity contribution < 1.29 is 19.1 Å². The molecule has 1 aromatic heterocycles. The molecule has 3 rings (SSSR count). The van der Waals surface area contributed by atoms with Gasteiger partial charge in [0.25, 0.3) is 5.91 Å². The Labute approximate surface area is 226 Å². The van der Waals surface area contributed by atoms with E-state index in [1.165, 1.54) is 12.3 Å². The molecule has 0 unspecified atom stereocenters. The summed E-state index contributed by atoms with van der Waals surface area (Å²) < 4.78 is 5.47. The zero-order valence-corrected chi connectivity index (χ0v) is 22.3. The number of Topliss-reactive ketones (excluding diaryl/α,β-unsaturated/α-hetero) is 1. The summed E-state index contributed by atoms with van der Waals surface area (Å²) in [5.41, 5.74) is 2.76. The molecule has 2 amide bonds. The molecule has 2 aromatic carbocycles. The number of nitrogens with zero attached hydrogens (tertiary/aromatic N) is 3. The Morgan fingerprint density at radius 2 is 1.87 bits per heavy atom. The van der Waals surface area contributed by atoms with E-state index >= 15 is 0 Å². The second-order valence-corrected chi connectivity index (χ2v) is 9.11. The number of amides is 2. The SMILES string of the molecule is C=CC(=O)Nc1ccc(OC)c(Cc2ncc(Cl)c(Cc3ccccc3C(=O)C(=O)NCCN(C)C)n2)c1. The van der Waals surface area contributed by atoms with E-state index in [4.69, 9.17) is 16.3 Å². The smallest absolute Gasteiger partial charge is 0.292 e.